The molecule has 15 heteroatoms. The molecule has 2 aliphatic rings. The summed E-state index contributed by atoms with van der Waals surface area (Å²) in [4.78, 5) is 25.0. The van der Waals surface area contributed by atoms with E-state index in [2.05, 4.69) is 30.9 Å². The molecule has 0 aromatic carbocycles. The molecule has 0 aromatic rings. The number of rotatable bonds is 26. The van der Waals surface area contributed by atoms with Crippen LogP contribution in [0.3, 0.4) is 0 Å². The van der Waals surface area contributed by atoms with Crippen molar-refractivity contribution in [3.63, 3.8) is 0 Å². The second-order valence-electron chi connectivity index (χ2n) is 13.1. The Balaban J connectivity index is 1.87. The number of ether oxygens (including phenoxy) is 6. The number of unbranched alkanes of at least 4 members (excludes halogenated alkanes) is 7. The first-order chi connectivity index (χ1) is 25.0. The van der Waals surface area contributed by atoms with E-state index >= 15 is 0 Å². The number of esters is 2. The van der Waals surface area contributed by atoms with Gasteiger partial charge in [-0.05, 0) is 38.5 Å². The second kappa shape index (κ2) is 26.5. The minimum absolute atomic E-state index is 0.142. The summed E-state index contributed by atoms with van der Waals surface area (Å²) in [5, 5.41) is 71.2. The van der Waals surface area contributed by atoms with Gasteiger partial charge in [0, 0.05) is 12.8 Å². The first-order valence-corrected chi connectivity index (χ1v) is 18.5. The second-order valence-corrected chi connectivity index (χ2v) is 13.1. The molecule has 2 rings (SSSR count). The largest absolute Gasteiger partial charge is 0.462 e. The summed E-state index contributed by atoms with van der Waals surface area (Å²) in [6.45, 7) is 3.77. The average Bonchev–Trinajstić information content (AvgIpc) is 3.13. The number of carbonyl (C=O) groups is 2. The third-order valence-corrected chi connectivity index (χ3v) is 8.76. The smallest absolute Gasteiger partial charge is 0.306 e. The van der Waals surface area contributed by atoms with Crippen LogP contribution in [-0.2, 0) is 38.0 Å². The molecule has 300 valence electrons. The first-order valence-electron chi connectivity index (χ1n) is 18.5. The highest BCUT2D eigenvalue weighted by Crippen LogP contribution is 2.26. The van der Waals surface area contributed by atoms with Gasteiger partial charge in [-0.1, -0.05) is 69.4 Å². The number of allylic oxidation sites excluding steroid dienone is 5. The summed E-state index contributed by atoms with van der Waals surface area (Å²) in [6, 6.07) is 0. The molecule has 52 heavy (non-hydrogen) atoms. The summed E-state index contributed by atoms with van der Waals surface area (Å²) in [5.41, 5.74) is 0. The Bertz CT molecular complexity index is 1050. The minimum Gasteiger partial charge on any atom is -0.462 e. The predicted octanol–water partition coefficient (Wildman–Crippen LogP) is 1.47. The first kappa shape index (κ1) is 45.9. The molecule has 7 N–H and O–H groups in total. The van der Waals surface area contributed by atoms with Crippen LogP contribution in [0, 0.1) is 0 Å². The highest BCUT2D eigenvalue weighted by atomic mass is 16.7. The number of hydrogen-bond acceptors (Lipinski definition) is 15. The Morgan fingerprint density at radius 1 is 0.673 bits per heavy atom. The van der Waals surface area contributed by atoms with Gasteiger partial charge in [0.15, 0.2) is 18.7 Å². The lowest BCUT2D eigenvalue weighted by Gasteiger charge is -2.42. The van der Waals surface area contributed by atoms with E-state index in [9.17, 15) is 45.3 Å². The minimum atomic E-state index is -1.76. The average molecular weight is 747 g/mol. The van der Waals surface area contributed by atoms with Crippen LogP contribution in [0.5, 0.6) is 0 Å². The van der Waals surface area contributed by atoms with Crippen molar-refractivity contribution in [3.05, 3.63) is 37.0 Å². The van der Waals surface area contributed by atoms with Crippen molar-refractivity contribution in [2.24, 2.45) is 0 Å². The maximum absolute atomic E-state index is 12.7. The molecule has 15 nitrogen and oxygen atoms in total. The molecule has 0 unspecified atom stereocenters. The summed E-state index contributed by atoms with van der Waals surface area (Å²) >= 11 is 0. The van der Waals surface area contributed by atoms with Crippen LogP contribution in [0.2, 0.25) is 0 Å². The molecule has 2 heterocycles. The van der Waals surface area contributed by atoms with Gasteiger partial charge in [0.05, 0.1) is 19.8 Å². The Hall–Kier alpha value is -2.28. The molecule has 2 fully saturated rings. The normalized spacial score (nSPS) is 30.1. The highest BCUT2D eigenvalue weighted by molar-refractivity contribution is 5.70. The molecule has 2 saturated heterocycles. The van der Waals surface area contributed by atoms with Gasteiger partial charge < -0.3 is 64.2 Å². The molecule has 0 amide bonds. The van der Waals surface area contributed by atoms with Gasteiger partial charge in [-0.2, -0.15) is 0 Å². The van der Waals surface area contributed by atoms with Gasteiger partial charge in [-0.15, -0.1) is 6.58 Å². The molecule has 0 spiro atoms. The van der Waals surface area contributed by atoms with Gasteiger partial charge in [0.2, 0.25) is 0 Å². The molecular weight excluding hydrogens is 684 g/mol. The van der Waals surface area contributed by atoms with Crippen LogP contribution in [0.15, 0.2) is 37.0 Å². The predicted molar refractivity (Wildman–Crippen MR) is 187 cm³/mol. The summed E-state index contributed by atoms with van der Waals surface area (Å²) < 4.78 is 33.0. The highest BCUT2D eigenvalue weighted by Gasteiger charge is 2.47. The van der Waals surface area contributed by atoms with Gasteiger partial charge in [-0.3, -0.25) is 9.59 Å². The van der Waals surface area contributed by atoms with E-state index in [1.54, 1.807) is 0 Å². The topological polar surface area (TPSA) is 231 Å². The van der Waals surface area contributed by atoms with Crippen molar-refractivity contribution in [1.29, 1.82) is 0 Å². The number of carbonyl (C=O) groups excluding carboxylic acids is 2. The van der Waals surface area contributed by atoms with Gasteiger partial charge in [-0.25, -0.2) is 0 Å². The van der Waals surface area contributed by atoms with E-state index in [4.69, 9.17) is 28.4 Å². The van der Waals surface area contributed by atoms with Gasteiger partial charge >= 0.3 is 11.9 Å². The molecular formula is C37H62O15. The Morgan fingerprint density at radius 2 is 1.25 bits per heavy atom. The lowest BCUT2D eigenvalue weighted by molar-refractivity contribution is -0.332. The van der Waals surface area contributed by atoms with Crippen molar-refractivity contribution in [2.75, 3.05) is 26.4 Å². The van der Waals surface area contributed by atoms with Crippen LogP contribution in [0.4, 0.5) is 0 Å². The fourth-order valence-corrected chi connectivity index (χ4v) is 5.57. The third kappa shape index (κ3) is 16.8. The fourth-order valence-electron chi connectivity index (χ4n) is 5.57. The van der Waals surface area contributed by atoms with Crippen LogP contribution >= 0.6 is 0 Å². The third-order valence-electron chi connectivity index (χ3n) is 8.76. The summed E-state index contributed by atoms with van der Waals surface area (Å²) in [6.07, 6.45) is 3.50. The Kier molecular flexibility index (Phi) is 23.4. The van der Waals surface area contributed by atoms with Crippen LogP contribution in [-0.4, -0.2) is 142 Å². The lowest BCUT2D eigenvalue weighted by Crippen LogP contribution is -2.61. The molecule has 0 bridgehead atoms. The van der Waals surface area contributed by atoms with Crippen molar-refractivity contribution in [3.8, 4) is 0 Å². The van der Waals surface area contributed by atoms with E-state index in [0.717, 1.165) is 57.8 Å². The van der Waals surface area contributed by atoms with Crippen LogP contribution < -0.4 is 0 Å². The maximum atomic E-state index is 12.7. The molecule has 2 aliphatic heterocycles. The van der Waals surface area contributed by atoms with E-state index in [0.29, 0.717) is 12.8 Å². The number of aliphatic hydroxyl groups excluding tert-OH is 7. The van der Waals surface area contributed by atoms with E-state index in [-0.39, 0.29) is 19.4 Å². The SMILES string of the molecule is C=CC/C=C/C/C=C\CCCCCCCC(=O)O[C@H](COC(=O)CCCCC)CO[C@@H]1O[C@H](CO[C@H]2O[C@H](CO)[C@H](O)[C@H](O)[C@H]2O)[C@H](O)[C@H](O)[C@H]1O. The standard InChI is InChI=1S/C37H62O15/c1-3-5-7-8-9-10-11-12-13-14-15-16-18-20-29(40)50-25(22-47-28(39)19-17-6-4-2)23-48-36-35(46)33(44)31(42)27(52-36)24-49-37-34(45)32(43)30(41)26(21-38)51-37/h3,7-8,10-11,25-27,30-38,41-46H,1,4-6,9,12-24H2,2H3/b8-7+,11-10-/t25-,26-,27-,30+,31+,32+,33+,34-,35-,36-,37+/m1/s1. The monoisotopic (exact) mass is 746 g/mol. The molecule has 0 aliphatic carbocycles. The Labute approximate surface area is 306 Å². The van der Waals surface area contributed by atoms with Crippen molar-refractivity contribution in [2.45, 2.75) is 158 Å². The summed E-state index contributed by atoms with van der Waals surface area (Å²) in [7, 11) is 0. The van der Waals surface area contributed by atoms with Crippen molar-refractivity contribution < 1.29 is 73.8 Å². The molecule has 0 aromatic heterocycles. The maximum Gasteiger partial charge on any atom is 0.306 e. The zero-order chi connectivity index (χ0) is 38.3. The number of hydrogen-bond donors (Lipinski definition) is 7. The van der Waals surface area contributed by atoms with Crippen LogP contribution in [0.25, 0.3) is 0 Å². The van der Waals surface area contributed by atoms with E-state index in [1.165, 1.54) is 0 Å². The zero-order valence-corrected chi connectivity index (χ0v) is 30.4. The Morgan fingerprint density at radius 3 is 1.94 bits per heavy atom. The van der Waals surface area contributed by atoms with Crippen molar-refractivity contribution >= 4 is 11.9 Å². The zero-order valence-electron chi connectivity index (χ0n) is 30.4. The fraction of sp³-hybridized carbons (Fsp3) is 0.784. The quantitative estimate of drug-likeness (QED) is 0.0378. The van der Waals surface area contributed by atoms with Crippen LogP contribution in [0.1, 0.15) is 90.4 Å². The van der Waals surface area contributed by atoms with E-state index in [1.807, 2.05) is 13.0 Å². The molecule has 0 saturated carbocycles. The molecule has 11 atom stereocenters. The van der Waals surface area contributed by atoms with Gasteiger partial charge in [0.25, 0.3) is 0 Å². The summed E-state index contributed by atoms with van der Waals surface area (Å²) in [5.74, 6) is -0.985. The van der Waals surface area contributed by atoms with Crippen molar-refractivity contribution in [1.82, 2.24) is 0 Å². The van der Waals surface area contributed by atoms with E-state index < -0.39 is 99.3 Å². The number of aliphatic hydroxyl groups is 7. The van der Waals surface area contributed by atoms with Gasteiger partial charge in [0.1, 0.15) is 55.4 Å². The lowest BCUT2D eigenvalue weighted by atomic mass is 9.98. The molecule has 0 radical (unpaired) electrons.